The van der Waals surface area contributed by atoms with Gasteiger partial charge in [-0.3, -0.25) is 19.7 Å². The van der Waals surface area contributed by atoms with Gasteiger partial charge in [-0.15, -0.1) is 23.1 Å². The summed E-state index contributed by atoms with van der Waals surface area (Å²) in [6, 6.07) is 10.1. The average Bonchev–Trinajstić information content (AvgIpc) is 3.30. The second kappa shape index (κ2) is 12.4. The zero-order chi connectivity index (χ0) is 23.6. The third-order valence-corrected chi connectivity index (χ3v) is 6.55. The van der Waals surface area contributed by atoms with Crippen molar-refractivity contribution in [2.45, 2.75) is 37.8 Å². The first kappa shape index (κ1) is 24.7. The normalized spacial score (nSPS) is 17.7. The maximum absolute atomic E-state index is 12.4. The van der Waals surface area contributed by atoms with Crippen LogP contribution in [0, 0.1) is 0 Å². The highest BCUT2D eigenvalue weighted by Gasteiger charge is 2.28. The Morgan fingerprint density at radius 3 is 2.76 bits per heavy atom. The van der Waals surface area contributed by atoms with Gasteiger partial charge in [-0.05, 0) is 30.5 Å². The standard InChI is InChI=1S/C22H26N4O5S2/c1-2-31-21(30)16-7-3-4-8-17(16)25-20(29)13-33-22-24-14(11-19(28)26-22)10-18(27)23-12-15-6-5-9-32-15/h3-9,14,22,24H,2,10-13H2,1H3,(H,23,27)(H,25,29)(H,26,28). The number of benzene rings is 1. The van der Waals surface area contributed by atoms with E-state index in [1.54, 1.807) is 42.5 Å². The van der Waals surface area contributed by atoms with E-state index in [4.69, 9.17) is 4.74 Å². The molecule has 1 aliphatic rings. The Labute approximate surface area is 200 Å². The molecule has 0 bridgehead atoms. The number of thiophene rings is 1. The summed E-state index contributed by atoms with van der Waals surface area (Å²) >= 11 is 2.76. The van der Waals surface area contributed by atoms with E-state index in [1.807, 2.05) is 17.5 Å². The molecule has 2 unspecified atom stereocenters. The van der Waals surface area contributed by atoms with Gasteiger partial charge in [-0.25, -0.2) is 4.79 Å². The number of esters is 1. The van der Waals surface area contributed by atoms with E-state index in [9.17, 15) is 19.2 Å². The van der Waals surface area contributed by atoms with E-state index < -0.39 is 11.5 Å². The fraction of sp³-hybridized carbons (Fsp3) is 0.364. The predicted molar refractivity (Wildman–Crippen MR) is 128 cm³/mol. The van der Waals surface area contributed by atoms with Crippen molar-refractivity contribution in [1.29, 1.82) is 0 Å². The maximum atomic E-state index is 12.4. The number of nitrogens with one attached hydrogen (secondary N) is 4. The molecule has 0 radical (unpaired) electrons. The van der Waals surface area contributed by atoms with Crippen LogP contribution in [0.1, 0.15) is 35.0 Å². The Kier molecular flexibility index (Phi) is 9.28. The van der Waals surface area contributed by atoms with Gasteiger partial charge < -0.3 is 20.7 Å². The molecule has 1 aromatic heterocycles. The van der Waals surface area contributed by atoms with E-state index in [0.29, 0.717) is 12.2 Å². The summed E-state index contributed by atoms with van der Waals surface area (Å²) in [5.74, 6) is -1.14. The van der Waals surface area contributed by atoms with Crippen molar-refractivity contribution in [2.75, 3.05) is 17.7 Å². The Morgan fingerprint density at radius 1 is 1.18 bits per heavy atom. The third-order valence-electron chi connectivity index (χ3n) is 4.66. The van der Waals surface area contributed by atoms with Crippen molar-refractivity contribution in [3.05, 3.63) is 52.2 Å². The highest BCUT2D eigenvalue weighted by Crippen LogP contribution is 2.18. The molecule has 1 saturated heterocycles. The number of hydrogen-bond donors (Lipinski definition) is 4. The van der Waals surface area contributed by atoms with Gasteiger partial charge in [0.25, 0.3) is 0 Å². The molecule has 2 atom stereocenters. The van der Waals surface area contributed by atoms with Crippen molar-refractivity contribution in [2.24, 2.45) is 0 Å². The summed E-state index contributed by atoms with van der Waals surface area (Å²) in [6.07, 6.45) is 0.345. The lowest BCUT2D eigenvalue weighted by Crippen LogP contribution is -2.56. The highest BCUT2D eigenvalue weighted by molar-refractivity contribution is 8.00. The molecule has 4 N–H and O–H groups in total. The first-order valence-corrected chi connectivity index (χ1v) is 12.4. The lowest BCUT2D eigenvalue weighted by Gasteiger charge is -2.30. The van der Waals surface area contributed by atoms with Crippen LogP contribution in [-0.2, 0) is 25.7 Å². The summed E-state index contributed by atoms with van der Waals surface area (Å²) in [4.78, 5) is 49.9. The lowest BCUT2D eigenvalue weighted by molar-refractivity contribution is -0.125. The van der Waals surface area contributed by atoms with E-state index in [0.717, 1.165) is 4.88 Å². The van der Waals surface area contributed by atoms with Gasteiger partial charge in [0.1, 0.15) is 5.50 Å². The third kappa shape index (κ3) is 7.88. The van der Waals surface area contributed by atoms with Crippen molar-refractivity contribution >= 4 is 52.5 Å². The Hall–Kier alpha value is -2.89. The minimum absolute atomic E-state index is 0.0341. The van der Waals surface area contributed by atoms with Crippen LogP contribution >= 0.6 is 23.1 Å². The van der Waals surface area contributed by atoms with Crippen molar-refractivity contribution in [3.63, 3.8) is 0 Å². The minimum Gasteiger partial charge on any atom is -0.462 e. The molecular weight excluding hydrogens is 464 g/mol. The summed E-state index contributed by atoms with van der Waals surface area (Å²) < 4.78 is 5.01. The summed E-state index contributed by atoms with van der Waals surface area (Å²) in [6.45, 7) is 2.40. The number of carbonyl (C=O) groups excluding carboxylic acids is 4. The molecule has 33 heavy (non-hydrogen) atoms. The first-order valence-electron chi connectivity index (χ1n) is 10.5. The van der Waals surface area contributed by atoms with Gasteiger partial charge in [-0.2, -0.15) is 0 Å². The molecule has 1 aromatic carbocycles. The monoisotopic (exact) mass is 490 g/mol. The van der Waals surface area contributed by atoms with Crippen LogP contribution in [0.25, 0.3) is 0 Å². The molecular formula is C22H26N4O5S2. The Balaban J connectivity index is 1.46. The fourth-order valence-corrected chi connectivity index (χ4v) is 4.72. The molecule has 2 heterocycles. The van der Waals surface area contributed by atoms with E-state index >= 15 is 0 Å². The number of anilines is 1. The average molecular weight is 491 g/mol. The first-order chi connectivity index (χ1) is 15.9. The van der Waals surface area contributed by atoms with Crippen LogP contribution < -0.4 is 21.3 Å². The molecule has 2 aromatic rings. The molecule has 0 aliphatic carbocycles. The second-order valence-electron chi connectivity index (χ2n) is 7.20. The lowest BCUT2D eigenvalue weighted by atomic mass is 10.1. The number of ether oxygens (including phenoxy) is 1. The predicted octanol–water partition coefficient (Wildman–Crippen LogP) is 2.06. The smallest absolute Gasteiger partial charge is 0.340 e. The SMILES string of the molecule is CCOC(=O)c1ccccc1NC(=O)CSC1NC(=O)CC(CC(=O)NCc2cccs2)N1. The molecule has 0 spiro atoms. The van der Waals surface area contributed by atoms with E-state index in [1.165, 1.54) is 11.8 Å². The van der Waals surface area contributed by atoms with Gasteiger partial charge in [0.15, 0.2) is 0 Å². The minimum atomic E-state index is -0.512. The quantitative estimate of drug-likeness (QED) is 0.376. The molecule has 0 saturated carbocycles. The second-order valence-corrected chi connectivity index (χ2v) is 9.33. The summed E-state index contributed by atoms with van der Waals surface area (Å²) in [5, 5.41) is 13.5. The number of para-hydroxylation sites is 1. The Bertz CT molecular complexity index is 983. The van der Waals surface area contributed by atoms with Crippen molar-refractivity contribution in [1.82, 2.24) is 16.0 Å². The van der Waals surface area contributed by atoms with Crippen molar-refractivity contribution in [3.8, 4) is 0 Å². The fourth-order valence-electron chi connectivity index (χ4n) is 3.18. The zero-order valence-electron chi connectivity index (χ0n) is 18.1. The van der Waals surface area contributed by atoms with Gasteiger partial charge in [0.05, 0.1) is 30.2 Å². The molecule has 9 nitrogen and oxygen atoms in total. The van der Waals surface area contributed by atoms with E-state index in [2.05, 4.69) is 21.3 Å². The molecule has 3 amide bonds. The number of rotatable bonds is 10. The van der Waals surface area contributed by atoms with Crippen LogP contribution in [0.15, 0.2) is 41.8 Å². The zero-order valence-corrected chi connectivity index (χ0v) is 19.7. The molecule has 1 aliphatic heterocycles. The highest BCUT2D eigenvalue weighted by atomic mass is 32.2. The number of hydrogen-bond acceptors (Lipinski definition) is 8. The van der Waals surface area contributed by atoms with Crippen LogP contribution in [0.2, 0.25) is 0 Å². The topological polar surface area (TPSA) is 126 Å². The number of amides is 3. The van der Waals surface area contributed by atoms with Crippen LogP contribution in [0.5, 0.6) is 0 Å². The summed E-state index contributed by atoms with van der Waals surface area (Å²) in [5.41, 5.74) is 0.130. The number of carbonyl (C=O) groups is 4. The van der Waals surface area contributed by atoms with Crippen molar-refractivity contribution < 1.29 is 23.9 Å². The van der Waals surface area contributed by atoms with Gasteiger partial charge >= 0.3 is 5.97 Å². The number of thioether (sulfide) groups is 1. The largest absolute Gasteiger partial charge is 0.462 e. The van der Waals surface area contributed by atoms with Crippen LogP contribution in [-0.4, -0.2) is 47.6 Å². The molecule has 11 heteroatoms. The van der Waals surface area contributed by atoms with E-state index in [-0.39, 0.29) is 54.5 Å². The Morgan fingerprint density at radius 2 is 2.00 bits per heavy atom. The van der Waals surface area contributed by atoms with Crippen LogP contribution in [0.4, 0.5) is 5.69 Å². The molecule has 176 valence electrons. The van der Waals surface area contributed by atoms with Gasteiger partial charge in [-0.1, -0.05) is 18.2 Å². The maximum Gasteiger partial charge on any atom is 0.340 e. The van der Waals surface area contributed by atoms with Gasteiger partial charge in [0.2, 0.25) is 17.7 Å². The molecule has 3 rings (SSSR count). The molecule has 1 fully saturated rings. The van der Waals surface area contributed by atoms with Gasteiger partial charge in [0, 0.05) is 23.8 Å². The summed E-state index contributed by atoms with van der Waals surface area (Å²) in [7, 11) is 0. The van der Waals surface area contributed by atoms with Crippen LogP contribution in [0.3, 0.4) is 0 Å².